The molecule has 21 heavy (non-hydrogen) atoms. The molecule has 0 spiro atoms. The molecule has 0 radical (unpaired) electrons. The van der Waals surface area contributed by atoms with Crippen LogP contribution in [0.1, 0.15) is 12.1 Å². The Morgan fingerprint density at radius 2 is 2.10 bits per heavy atom. The predicted octanol–water partition coefficient (Wildman–Crippen LogP) is 2.23. The largest absolute Gasteiger partial charge is 0.330 e. The van der Waals surface area contributed by atoms with E-state index >= 15 is 0 Å². The minimum absolute atomic E-state index is 0.134. The van der Waals surface area contributed by atoms with Gasteiger partial charge in [0.25, 0.3) is 5.56 Å². The van der Waals surface area contributed by atoms with Crippen LogP contribution in [-0.2, 0) is 6.42 Å². The number of nitrogens with one attached hydrogen (secondary N) is 1. The van der Waals surface area contributed by atoms with Gasteiger partial charge < -0.3 is 5.73 Å². The van der Waals surface area contributed by atoms with E-state index in [0.717, 1.165) is 23.4 Å². The fourth-order valence-electron chi connectivity index (χ4n) is 2.27. The van der Waals surface area contributed by atoms with Crippen molar-refractivity contribution in [3.05, 3.63) is 57.5 Å². The smallest absolute Gasteiger partial charge is 0.272 e. The molecule has 0 bridgehead atoms. The quantitative estimate of drug-likeness (QED) is 0.776. The maximum atomic E-state index is 12.1. The van der Waals surface area contributed by atoms with Gasteiger partial charge in [0.2, 0.25) is 0 Å². The van der Waals surface area contributed by atoms with Crippen molar-refractivity contribution >= 4 is 17.2 Å². The van der Waals surface area contributed by atoms with Gasteiger partial charge in [-0.05, 0) is 25.5 Å². The van der Waals surface area contributed by atoms with Gasteiger partial charge in [-0.1, -0.05) is 29.8 Å². The van der Waals surface area contributed by atoms with Gasteiger partial charge in [0, 0.05) is 28.4 Å². The van der Waals surface area contributed by atoms with Crippen LogP contribution in [-0.4, -0.2) is 21.1 Å². The highest BCUT2D eigenvalue weighted by Crippen LogP contribution is 2.26. The maximum absolute atomic E-state index is 12.1. The molecule has 3 N–H and O–H groups in total. The van der Waals surface area contributed by atoms with Crippen molar-refractivity contribution in [2.45, 2.75) is 12.8 Å². The van der Waals surface area contributed by atoms with Crippen LogP contribution in [0.2, 0.25) is 5.02 Å². The molecule has 0 atom stereocenters. The summed E-state index contributed by atoms with van der Waals surface area (Å²) in [5.74, 6) is 0. The Morgan fingerprint density at radius 3 is 2.86 bits per heavy atom. The number of halogens is 1. The average molecular weight is 303 g/mol. The van der Waals surface area contributed by atoms with Crippen molar-refractivity contribution in [1.82, 2.24) is 14.6 Å². The average Bonchev–Trinajstić information content (AvgIpc) is 2.90. The second kappa shape index (κ2) is 5.71. The first-order chi connectivity index (χ1) is 10.2. The molecule has 5 nitrogen and oxygen atoms in total. The van der Waals surface area contributed by atoms with Crippen LogP contribution in [0.3, 0.4) is 0 Å². The van der Waals surface area contributed by atoms with Crippen LogP contribution in [0.5, 0.6) is 0 Å². The van der Waals surface area contributed by atoms with Crippen LogP contribution in [0.25, 0.3) is 16.9 Å². The summed E-state index contributed by atoms with van der Waals surface area (Å²) < 4.78 is 1.42. The first-order valence-corrected chi connectivity index (χ1v) is 7.13. The lowest BCUT2D eigenvalue weighted by atomic mass is 10.1. The SMILES string of the molecule is NCCCc1cc(=O)n2[nH]c(-c3ccccc3Cl)cc2n1. The summed E-state index contributed by atoms with van der Waals surface area (Å²) in [6.45, 7) is 0.582. The number of hydrogen-bond donors (Lipinski definition) is 2. The molecule has 3 aromatic rings. The molecule has 108 valence electrons. The molecule has 0 unspecified atom stereocenters. The molecule has 2 aromatic heterocycles. The molecular weight excluding hydrogens is 288 g/mol. The summed E-state index contributed by atoms with van der Waals surface area (Å²) in [4.78, 5) is 16.6. The molecule has 3 rings (SSSR count). The number of rotatable bonds is 4. The van der Waals surface area contributed by atoms with Crippen molar-refractivity contribution < 1.29 is 0 Å². The number of hydrogen-bond acceptors (Lipinski definition) is 3. The van der Waals surface area contributed by atoms with Crippen molar-refractivity contribution in [3.8, 4) is 11.3 Å². The van der Waals surface area contributed by atoms with E-state index in [4.69, 9.17) is 17.3 Å². The summed E-state index contributed by atoms with van der Waals surface area (Å²) in [6.07, 6.45) is 1.51. The van der Waals surface area contributed by atoms with Crippen LogP contribution in [0.4, 0.5) is 0 Å². The van der Waals surface area contributed by atoms with Gasteiger partial charge in [-0.25, -0.2) is 9.50 Å². The first kappa shape index (κ1) is 13.9. The number of fused-ring (bicyclic) bond motifs is 1. The Bertz CT molecular complexity index is 837. The number of aromatic nitrogens is 3. The van der Waals surface area contributed by atoms with Gasteiger partial charge in [0.05, 0.1) is 5.69 Å². The Morgan fingerprint density at radius 1 is 1.29 bits per heavy atom. The van der Waals surface area contributed by atoms with Crippen molar-refractivity contribution in [2.75, 3.05) is 6.54 Å². The van der Waals surface area contributed by atoms with Crippen molar-refractivity contribution in [3.63, 3.8) is 0 Å². The monoisotopic (exact) mass is 302 g/mol. The van der Waals surface area contributed by atoms with Crippen molar-refractivity contribution in [1.29, 1.82) is 0 Å². The molecule has 0 amide bonds. The lowest BCUT2D eigenvalue weighted by Gasteiger charge is -2.00. The maximum Gasteiger partial charge on any atom is 0.272 e. The third-order valence-corrected chi connectivity index (χ3v) is 3.63. The van der Waals surface area contributed by atoms with Crippen LogP contribution in [0, 0.1) is 0 Å². The molecule has 0 aliphatic carbocycles. The van der Waals surface area contributed by atoms with Crippen LogP contribution >= 0.6 is 11.6 Å². The third kappa shape index (κ3) is 2.70. The van der Waals surface area contributed by atoms with E-state index in [0.29, 0.717) is 23.6 Å². The summed E-state index contributed by atoms with van der Waals surface area (Å²) in [5.41, 5.74) is 8.31. The zero-order valence-corrected chi connectivity index (χ0v) is 12.1. The predicted molar refractivity (Wildman–Crippen MR) is 83.6 cm³/mol. The van der Waals surface area contributed by atoms with E-state index in [-0.39, 0.29) is 5.56 Å². The van der Waals surface area contributed by atoms with Gasteiger partial charge >= 0.3 is 0 Å². The molecule has 0 aliphatic rings. The minimum Gasteiger partial charge on any atom is -0.330 e. The van der Waals surface area contributed by atoms with Gasteiger partial charge in [-0.3, -0.25) is 9.89 Å². The van der Waals surface area contributed by atoms with E-state index in [1.807, 2.05) is 30.3 Å². The van der Waals surface area contributed by atoms with E-state index in [9.17, 15) is 4.79 Å². The minimum atomic E-state index is -0.134. The van der Waals surface area contributed by atoms with E-state index < -0.39 is 0 Å². The van der Waals surface area contributed by atoms with Crippen molar-refractivity contribution in [2.24, 2.45) is 5.73 Å². The highest BCUT2D eigenvalue weighted by atomic mass is 35.5. The fourth-order valence-corrected chi connectivity index (χ4v) is 2.51. The Kier molecular flexibility index (Phi) is 3.77. The second-order valence-electron chi connectivity index (χ2n) is 4.82. The standard InChI is InChI=1S/C15H15ClN4O/c16-12-6-2-1-5-11(12)13-9-14-18-10(4-3-7-17)8-15(21)20(14)19-13/h1-2,5-6,8-9,19H,3-4,7,17H2. The summed E-state index contributed by atoms with van der Waals surface area (Å²) in [7, 11) is 0. The first-order valence-electron chi connectivity index (χ1n) is 6.75. The summed E-state index contributed by atoms with van der Waals surface area (Å²) in [5, 5.41) is 3.66. The molecule has 1 aromatic carbocycles. The number of benzene rings is 1. The number of aromatic amines is 1. The van der Waals surface area contributed by atoms with E-state index in [2.05, 4.69) is 10.1 Å². The van der Waals surface area contributed by atoms with Gasteiger partial charge in [-0.15, -0.1) is 0 Å². The highest BCUT2D eigenvalue weighted by molar-refractivity contribution is 6.33. The zero-order valence-electron chi connectivity index (χ0n) is 11.3. The second-order valence-corrected chi connectivity index (χ2v) is 5.23. The topological polar surface area (TPSA) is 76.2 Å². The van der Waals surface area contributed by atoms with Gasteiger partial charge in [-0.2, -0.15) is 0 Å². The molecule has 0 fully saturated rings. The normalized spacial score (nSPS) is 11.1. The lowest BCUT2D eigenvalue weighted by Crippen LogP contribution is -2.16. The molecule has 0 saturated carbocycles. The van der Waals surface area contributed by atoms with Crippen LogP contribution < -0.4 is 11.3 Å². The Hall–Kier alpha value is -2.11. The molecule has 0 saturated heterocycles. The van der Waals surface area contributed by atoms with Gasteiger partial charge in [0.15, 0.2) is 5.65 Å². The number of nitrogens with two attached hydrogens (primary N) is 1. The fraction of sp³-hybridized carbons (Fsp3) is 0.200. The number of aryl methyl sites for hydroxylation is 1. The third-order valence-electron chi connectivity index (χ3n) is 3.30. The summed E-state index contributed by atoms with van der Waals surface area (Å²) in [6, 6.07) is 10.8. The molecule has 0 aliphatic heterocycles. The Balaban J connectivity index is 2.10. The lowest BCUT2D eigenvalue weighted by molar-refractivity contribution is 0.796. The van der Waals surface area contributed by atoms with Gasteiger partial charge in [0.1, 0.15) is 0 Å². The molecule has 6 heteroatoms. The molecule has 2 heterocycles. The number of H-pyrrole nitrogens is 1. The summed E-state index contributed by atoms with van der Waals surface area (Å²) >= 11 is 6.18. The van der Waals surface area contributed by atoms with Crippen LogP contribution in [0.15, 0.2) is 41.2 Å². The molecular formula is C15H15ClN4O. The zero-order chi connectivity index (χ0) is 14.8. The van der Waals surface area contributed by atoms with E-state index in [1.54, 1.807) is 0 Å². The Labute approximate surface area is 126 Å². The highest BCUT2D eigenvalue weighted by Gasteiger charge is 2.09. The van der Waals surface area contributed by atoms with E-state index in [1.165, 1.54) is 10.6 Å². The number of nitrogens with zero attached hydrogens (tertiary/aromatic N) is 2.